The third kappa shape index (κ3) is 4.58. The second kappa shape index (κ2) is 9.65. The number of hydrogen-bond acceptors (Lipinski definition) is 5. The van der Waals surface area contributed by atoms with Gasteiger partial charge in [-0.25, -0.2) is 4.98 Å². The molecule has 168 valence electrons. The Labute approximate surface area is 192 Å². The van der Waals surface area contributed by atoms with Crippen LogP contribution in [0.5, 0.6) is 0 Å². The fraction of sp³-hybridized carbons (Fsp3) is 0.708. The molecule has 0 aliphatic heterocycles. The van der Waals surface area contributed by atoms with Crippen molar-refractivity contribution >= 4 is 39.2 Å². The molecule has 3 aliphatic rings. The third-order valence-corrected chi connectivity index (χ3v) is 9.37. The average Bonchev–Trinajstić information content (AvgIpc) is 3.18. The molecule has 5 rings (SSSR count). The van der Waals surface area contributed by atoms with Gasteiger partial charge in [0, 0.05) is 17.0 Å². The molecule has 0 bridgehead atoms. The Hall–Kier alpha value is -1.34. The summed E-state index contributed by atoms with van der Waals surface area (Å²) >= 11 is 3.17. The Balaban J connectivity index is 1.44. The zero-order chi connectivity index (χ0) is 21.2. The first-order valence-electron chi connectivity index (χ1n) is 12.2. The van der Waals surface area contributed by atoms with E-state index in [9.17, 15) is 9.59 Å². The first-order valence-corrected chi connectivity index (χ1v) is 14.0. The predicted molar refractivity (Wildman–Crippen MR) is 128 cm³/mol. The number of fused-ring (bicyclic) bond motifs is 3. The highest BCUT2D eigenvalue weighted by Gasteiger charge is 2.27. The van der Waals surface area contributed by atoms with Crippen LogP contribution in [0.15, 0.2) is 9.95 Å². The van der Waals surface area contributed by atoms with Crippen LogP contribution in [0.4, 0.5) is 0 Å². The molecule has 0 aromatic carbocycles. The fourth-order valence-electron chi connectivity index (χ4n) is 5.61. The van der Waals surface area contributed by atoms with E-state index in [1.165, 1.54) is 73.6 Å². The molecule has 2 aromatic rings. The standard InChI is InChI=1S/C24H33N3O2S2/c28-20(25-16-9-3-1-4-10-16)15-30-24-26-22-21(18-13-7-8-14-19(18)31-22)23(29)27(24)17-11-5-2-6-12-17/h16-17H,1-15H2,(H,25,28). The van der Waals surface area contributed by atoms with Gasteiger partial charge in [-0.2, -0.15) is 0 Å². The Bertz CT molecular complexity index is 1000. The van der Waals surface area contributed by atoms with Gasteiger partial charge in [-0.05, 0) is 56.9 Å². The largest absolute Gasteiger partial charge is 0.353 e. The number of nitrogens with one attached hydrogen (secondary N) is 1. The Morgan fingerprint density at radius 2 is 1.71 bits per heavy atom. The molecule has 2 saturated carbocycles. The van der Waals surface area contributed by atoms with E-state index in [-0.39, 0.29) is 17.5 Å². The fourth-order valence-corrected chi connectivity index (χ4v) is 7.79. The van der Waals surface area contributed by atoms with E-state index in [0.717, 1.165) is 53.9 Å². The summed E-state index contributed by atoms with van der Waals surface area (Å²) in [6.07, 6.45) is 16.0. The zero-order valence-corrected chi connectivity index (χ0v) is 19.9. The van der Waals surface area contributed by atoms with Crippen molar-refractivity contribution < 1.29 is 4.79 Å². The number of thiophene rings is 1. The van der Waals surface area contributed by atoms with Crippen molar-refractivity contribution in [3.63, 3.8) is 0 Å². The molecule has 1 N–H and O–H groups in total. The number of rotatable bonds is 5. The minimum Gasteiger partial charge on any atom is -0.353 e. The van der Waals surface area contributed by atoms with Crippen LogP contribution in [0.2, 0.25) is 0 Å². The van der Waals surface area contributed by atoms with Gasteiger partial charge in [-0.3, -0.25) is 14.2 Å². The van der Waals surface area contributed by atoms with Gasteiger partial charge in [0.15, 0.2) is 5.16 Å². The van der Waals surface area contributed by atoms with Gasteiger partial charge >= 0.3 is 0 Å². The molecule has 0 unspecified atom stereocenters. The van der Waals surface area contributed by atoms with Gasteiger partial charge in [0.2, 0.25) is 5.91 Å². The van der Waals surface area contributed by atoms with Crippen LogP contribution in [0.3, 0.4) is 0 Å². The second-order valence-corrected chi connectivity index (χ2v) is 11.5. The quantitative estimate of drug-likeness (QED) is 0.481. The molecular weight excluding hydrogens is 426 g/mol. The van der Waals surface area contributed by atoms with Crippen LogP contribution in [-0.2, 0) is 17.6 Å². The van der Waals surface area contributed by atoms with Crippen LogP contribution in [-0.4, -0.2) is 27.3 Å². The monoisotopic (exact) mass is 459 g/mol. The summed E-state index contributed by atoms with van der Waals surface area (Å²) < 4.78 is 1.97. The number of carbonyl (C=O) groups is 1. The lowest BCUT2D eigenvalue weighted by Crippen LogP contribution is -2.37. The van der Waals surface area contributed by atoms with Gasteiger partial charge in [0.1, 0.15) is 4.83 Å². The van der Waals surface area contributed by atoms with E-state index in [4.69, 9.17) is 4.98 Å². The maximum atomic E-state index is 13.8. The Morgan fingerprint density at radius 1 is 1.00 bits per heavy atom. The number of nitrogens with zero attached hydrogens (tertiary/aromatic N) is 2. The number of amides is 1. The molecule has 0 saturated heterocycles. The van der Waals surface area contributed by atoms with Crippen molar-refractivity contribution in [3.8, 4) is 0 Å². The van der Waals surface area contributed by atoms with Crippen LogP contribution in [0.1, 0.15) is 93.5 Å². The van der Waals surface area contributed by atoms with E-state index in [1.807, 2.05) is 4.57 Å². The molecule has 5 nitrogen and oxygen atoms in total. The molecule has 2 fully saturated rings. The summed E-state index contributed by atoms with van der Waals surface area (Å²) in [7, 11) is 0. The summed E-state index contributed by atoms with van der Waals surface area (Å²) in [6.45, 7) is 0. The SMILES string of the molecule is O=C(CSc1nc2sc3c(c2c(=O)n1C1CCCCC1)CCCC3)NC1CCCCC1. The third-order valence-electron chi connectivity index (χ3n) is 7.23. The van der Waals surface area contributed by atoms with Crippen molar-refractivity contribution in [2.45, 2.75) is 107 Å². The molecule has 1 amide bonds. The van der Waals surface area contributed by atoms with Gasteiger partial charge < -0.3 is 5.32 Å². The van der Waals surface area contributed by atoms with Crippen molar-refractivity contribution in [1.82, 2.24) is 14.9 Å². The molecule has 0 atom stereocenters. The predicted octanol–water partition coefficient (Wildman–Crippen LogP) is 5.38. The summed E-state index contributed by atoms with van der Waals surface area (Å²) in [4.78, 5) is 33.6. The highest BCUT2D eigenvalue weighted by Crippen LogP contribution is 2.37. The van der Waals surface area contributed by atoms with Crippen molar-refractivity contribution in [3.05, 3.63) is 20.8 Å². The minimum atomic E-state index is 0.0758. The highest BCUT2D eigenvalue weighted by molar-refractivity contribution is 7.99. The summed E-state index contributed by atoms with van der Waals surface area (Å²) in [5, 5.41) is 4.84. The lowest BCUT2D eigenvalue weighted by Gasteiger charge is -2.26. The number of carbonyl (C=O) groups excluding carboxylic acids is 1. The number of thioether (sulfide) groups is 1. The molecule has 31 heavy (non-hydrogen) atoms. The van der Waals surface area contributed by atoms with Gasteiger partial charge in [-0.15, -0.1) is 11.3 Å². The number of aromatic nitrogens is 2. The maximum absolute atomic E-state index is 13.8. The average molecular weight is 460 g/mol. The van der Waals surface area contributed by atoms with Crippen molar-refractivity contribution in [1.29, 1.82) is 0 Å². The van der Waals surface area contributed by atoms with Crippen LogP contribution >= 0.6 is 23.1 Å². The lowest BCUT2D eigenvalue weighted by molar-refractivity contribution is -0.119. The normalized spacial score (nSPS) is 20.6. The van der Waals surface area contributed by atoms with E-state index < -0.39 is 0 Å². The first kappa shape index (κ1) is 21.5. The van der Waals surface area contributed by atoms with E-state index >= 15 is 0 Å². The highest BCUT2D eigenvalue weighted by atomic mass is 32.2. The molecule has 0 spiro atoms. The Morgan fingerprint density at radius 3 is 2.48 bits per heavy atom. The van der Waals surface area contributed by atoms with E-state index in [0.29, 0.717) is 11.8 Å². The van der Waals surface area contributed by atoms with Gasteiger partial charge in [-0.1, -0.05) is 50.3 Å². The number of aryl methyl sites for hydroxylation is 2. The topological polar surface area (TPSA) is 64.0 Å². The molecule has 2 heterocycles. The lowest BCUT2D eigenvalue weighted by atomic mass is 9.94. The summed E-state index contributed by atoms with van der Waals surface area (Å²) in [6, 6.07) is 0.544. The van der Waals surface area contributed by atoms with Crippen LogP contribution in [0, 0.1) is 0 Å². The van der Waals surface area contributed by atoms with E-state index in [1.54, 1.807) is 11.3 Å². The van der Waals surface area contributed by atoms with Crippen molar-refractivity contribution in [2.24, 2.45) is 0 Å². The van der Waals surface area contributed by atoms with E-state index in [2.05, 4.69) is 5.32 Å². The first-order chi connectivity index (χ1) is 15.2. The minimum absolute atomic E-state index is 0.0758. The maximum Gasteiger partial charge on any atom is 0.263 e. The van der Waals surface area contributed by atoms with Gasteiger partial charge in [0.25, 0.3) is 5.56 Å². The molecule has 0 radical (unpaired) electrons. The smallest absolute Gasteiger partial charge is 0.263 e. The number of hydrogen-bond donors (Lipinski definition) is 1. The molecule has 3 aliphatic carbocycles. The second-order valence-electron chi connectivity index (χ2n) is 9.44. The molecule has 7 heteroatoms. The summed E-state index contributed by atoms with van der Waals surface area (Å²) in [5.74, 6) is 0.415. The zero-order valence-electron chi connectivity index (χ0n) is 18.3. The van der Waals surface area contributed by atoms with Crippen LogP contribution in [0.25, 0.3) is 10.2 Å². The molecular formula is C24H33N3O2S2. The summed E-state index contributed by atoms with van der Waals surface area (Å²) in [5.41, 5.74) is 1.41. The Kier molecular flexibility index (Phi) is 6.70. The van der Waals surface area contributed by atoms with Gasteiger partial charge in [0.05, 0.1) is 11.1 Å². The van der Waals surface area contributed by atoms with Crippen molar-refractivity contribution in [2.75, 3.05) is 5.75 Å². The van der Waals surface area contributed by atoms with Crippen LogP contribution < -0.4 is 10.9 Å². The molecule has 2 aromatic heterocycles.